The van der Waals surface area contributed by atoms with E-state index in [1.807, 2.05) is 44.2 Å². The summed E-state index contributed by atoms with van der Waals surface area (Å²) in [4.78, 5) is 8.93. The summed E-state index contributed by atoms with van der Waals surface area (Å²) in [5.74, 6) is 2.76. The van der Waals surface area contributed by atoms with Gasteiger partial charge in [0.1, 0.15) is 11.6 Å². The Balaban J connectivity index is 2.28. The number of alkyl halides is 1. The largest absolute Gasteiger partial charge is 0.229 e. The Bertz CT molecular complexity index is 748. The van der Waals surface area contributed by atoms with Crippen LogP contribution in [0.5, 0.6) is 0 Å². The quantitative estimate of drug-likeness (QED) is 0.673. The minimum absolute atomic E-state index is 0.447. The highest BCUT2D eigenvalue weighted by Gasteiger charge is 2.10. The van der Waals surface area contributed by atoms with Gasteiger partial charge in [0.25, 0.3) is 0 Å². The lowest BCUT2D eigenvalue weighted by molar-refractivity contribution is 0.807. The van der Waals surface area contributed by atoms with E-state index in [9.17, 15) is 0 Å². The minimum atomic E-state index is 0.447. The van der Waals surface area contributed by atoms with Gasteiger partial charge in [0, 0.05) is 11.3 Å². The molecule has 19 heavy (non-hydrogen) atoms. The number of hydrogen-bond donors (Lipinski definition) is 0. The van der Waals surface area contributed by atoms with Gasteiger partial charge in [-0.2, -0.15) is 4.68 Å². The average molecular weight is 273 g/mol. The van der Waals surface area contributed by atoms with Crippen LogP contribution < -0.4 is 0 Å². The first kappa shape index (κ1) is 12.1. The van der Waals surface area contributed by atoms with Crippen LogP contribution in [0.4, 0.5) is 0 Å². The molecule has 3 rings (SSSR count). The van der Waals surface area contributed by atoms with Crippen molar-refractivity contribution in [3.05, 3.63) is 47.5 Å². The van der Waals surface area contributed by atoms with Crippen molar-refractivity contribution < 1.29 is 0 Å². The number of halogens is 1. The number of pyridine rings is 1. The van der Waals surface area contributed by atoms with E-state index in [0.29, 0.717) is 5.88 Å². The second-order valence-corrected chi connectivity index (χ2v) is 4.68. The van der Waals surface area contributed by atoms with Crippen molar-refractivity contribution in [2.75, 3.05) is 0 Å². The summed E-state index contributed by atoms with van der Waals surface area (Å²) in [5.41, 5.74) is 1.97. The van der Waals surface area contributed by atoms with Gasteiger partial charge in [-0.25, -0.2) is 9.97 Å². The van der Waals surface area contributed by atoms with Crippen molar-refractivity contribution in [3.63, 3.8) is 0 Å². The first-order valence-corrected chi connectivity index (χ1v) is 6.58. The number of aromatic nitrogens is 4. The molecule has 0 spiro atoms. The van der Waals surface area contributed by atoms with Crippen LogP contribution >= 0.6 is 11.6 Å². The molecule has 0 amide bonds. The number of benzene rings is 1. The summed E-state index contributed by atoms with van der Waals surface area (Å²) in [6.07, 6.45) is 0. The molecular formula is C14H13ClN4. The van der Waals surface area contributed by atoms with Gasteiger partial charge >= 0.3 is 0 Å². The number of nitrogens with zero attached hydrogens (tertiary/aromatic N) is 4. The van der Waals surface area contributed by atoms with Crippen molar-refractivity contribution >= 4 is 22.5 Å². The Kier molecular flexibility index (Phi) is 2.95. The molecule has 0 radical (unpaired) electrons. The highest BCUT2D eigenvalue weighted by molar-refractivity contribution is 6.18. The summed E-state index contributed by atoms with van der Waals surface area (Å²) in [7, 11) is 0. The van der Waals surface area contributed by atoms with E-state index in [1.165, 1.54) is 0 Å². The van der Waals surface area contributed by atoms with Crippen LogP contribution in [0.25, 0.3) is 16.7 Å². The maximum atomic E-state index is 6.04. The van der Waals surface area contributed by atoms with Gasteiger partial charge in [-0.1, -0.05) is 18.2 Å². The highest BCUT2D eigenvalue weighted by atomic mass is 35.5. The first-order valence-electron chi connectivity index (χ1n) is 6.04. The molecule has 3 aromatic rings. The van der Waals surface area contributed by atoms with Crippen molar-refractivity contribution in [3.8, 4) is 5.82 Å². The second-order valence-electron chi connectivity index (χ2n) is 4.41. The molecule has 0 fully saturated rings. The standard InChI is InChI=1S/C14H13ClN4/c1-9-16-10(2)19(18-9)14-7-11(8-15)12-5-3-4-6-13(12)17-14/h3-7H,8H2,1-2H3. The Hall–Kier alpha value is -1.94. The Morgan fingerprint density at radius 3 is 2.63 bits per heavy atom. The van der Waals surface area contributed by atoms with E-state index in [2.05, 4.69) is 15.1 Å². The molecule has 0 saturated carbocycles. The molecule has 0 saturated heterocycles. The SMILES string of the molecule is Cc1nc(C)n(-c2cc(CCl)c3ccccc3n2)n1. The summed E-state index contributed by atoms with van der Waals surface area (Å²) in [6.45, 7) is 3.78. The number of rotatable bonds is 2. The summed E-state index contributed by atoms with van der Waals surface area (Å²) in [5, 5.41) is 5.44. The van der Waals surface area contributed by atoms with Gasteiger partial charge in [0.15, 0.2) is 5.82 Å². The van der Waals surface area contributed by atoms with Crippen LogP contribution in [-0.4, -0.2) is 19.7 Å². The number of fused-ring (bicyclic) bond motifs is 1. The fourth-order valence-electron chi connectivity index (χ4n) is 2.19. The molecule has 0 unspecified atom stereocenters. The Morgan fingerprint density at radius 1 is 1.16 bits per heavy atom. The van der Waals surface area contributed by atoms with Gasteiger partial charge in [-0.3, -0.25) is 0 Å². The predicted octanol–water partition coefficient (Wildman–Crippen LogP) is 3.17. The summed E-state index contributed by atoms with van der Waals surface area (Å²) < 4.78 is 1.75. The van der Waals surface area contributed by atoms with E-state index < -0.39 is 0 Å². The molecule has 4 nitrogen and oxygen atoms in total. The Labute approximate surface area is 116 Å². The fraction of sp³-hybridized carbons (Fsp3) is 0.214. The lowest BCUT2D eigenvalue weighted by Crippen LogP contribution is -2.03. The molecule has 0 bridgehead atoms. The molecule has 0 N–H and O–H groups in total. The number of aryl methyl sites for hydroxylation is 2. The lowest BCUT2D eigenvalue weighted by Gasteiger charge is -2.08. The molecule has 2 aromatic heterocycles. The second kappa shape index (κ2) is 4.63. The van der Waals surface area contributed by atoms with Crippen LogP contribution in [-0.2, 0) is 5.88 Å². The van der Waals surface area contributed by atoms with E-state index in [0.717, 1.165) is 33.9 Å². The van der Waals surface area contributed by atoms with Gasteiger partial charge in [0.05, 0.1) is 5.52 Å². The molecule has 0 aliphatic rings. The third-order valence-corrected chi connectivity index (χ3v) is 3.31. The van der Waals surface area contributed by atoms with Crippen LogP contribution in [0.2, 0.25) is 0 Å². The minimum Gasteiger partial charge on any atom is -0.229 e. The van der Waals surface area contributed by atoms with E-state index in [4.69, 9.17) is 11.6 Å². The van der Waals surface area contributed by atoms with Crippen LogP contribution in [0.1, 0.15) is 17.2 Å². The van der Waals surface area contributed by atoms with Gasteiger partial charge < -0.3 is 0 Å². The molecular weight excluding hydrogens is 260 g/mol. The first-order chi connectivity index (χ1) is 9.19. The zero-order valence-electron chi connectivity index (χ0n) is 10.8. The lowest BCUT2D eigenvalue weighted by atomic mass is 10.1. The van der Waals surface area contributed by atoms with Crippen molar-refractivity contribution in [1.82, 2.24) is 19.7 Å². The third kappa shape index (κ3) is 2.08. The van der Waals surface area contributed by atoms with Crippen LogP contribution in [0, 0.1) is 13.8 Å². The van der Waals surface area contributed by atoms with Crippen LogP contribution in [0.3, 0.4) is 0 Å². The van der Waals surface area contributed by atoms with Crippen molar-refractivity contribution in [2.45, 2.75) is 19.7 Å². The molecule has 1 aromatic carbocycles. The van der Waals surface area contributed by atoms with E-state index in [1.54, 1.807) is 4.68 Å². The molecule has 5 heteroatoms. The van der Waals surface area contributed by atoms with Gasteiger partial charge in [-0.15, -0.1) is 16.7 Å². The van der Waals surface area contributed by atoms with Gasteiger partial charge in [-0.05, 0) is 31.5 Å². The number of hydrogen-bond acceptors (Lipinski definition) is 3. The van der Waals surface area contributed by atoms with Crippen LogP contribution in [0.15, 0.2) is 30.3 Å². The van der Waals surface area contributed by atoms with E-state index in [-0.39, 0.29) is 0 Å². The van der Waals surface area contributed by atoms with Crippen molar-refractivity contribution in [1.29, 1.82) is 0 Å². The third-order valence-electron chi connectivity index (χ3n) is 3.02. The fourth-order valence-corrected chi connectivity index (χ4v) is 2.41. The summed E-state index contributed by atoms with van der Waals surface area (Å²) in [6, 6.07) is 9.94. The predicted molar refractivity (Wildman–Crippen MR) is 75.7 cm³/mol. The van der Waals surface area contributed by atoms with E-state index >= 15 is 0 Å². The Morgan fingerprint density at radius 2 is 1.95 bits per heavy atom. The molecule has 0 aliphatic carbocycles. The topological polar surface area (TPSA) is 43.6 Å². The molecule has 0 aliphatic heterocycles. The van der Waals surface area contributed by atoms with Crippen molar-refractivity contribution in [2.24, 2.45) is 0 Å². The van der Waals surface area contributed by atoms with Gasteiger partial charge in [0.2, 0.25) is 0 Å². The molecule has 0 atom stereocenters. The number of para-hydroxylation sites is 1. The average Bonchev–Trinajstić information content (AvgIpc) is 2.76. The zero-order chi connectivity index (χ0) is 13.4. The summed E-state index contributed by atoms with van der Waals surface area (Å²) >= 11 is 6.04. The normalized spacial score (nSPS) is 11.1. The monoisotopic (exact) mass is 272 g/mol. The smallest absolute Gasteiger partial charge is 0.156 e. The maximum Gasteiger partial charge on any atom is 0.156 e. The maximum absolute atomic E-state index is 6.04. The highest BCUT2D eigenvalue weighted by Crippen LogP contribution is 2.21. The zero-order valence-corrected chi connectivity index (χ0v) is 11.5. The molecule has 96 valence electrons. The molecule has 2 heterocycles.